The third-order valence-electron chi connectivity index (χ3n) is 10.5. The van der Waals surface area contributed by atoms with Crippen LogP contribution in [0.1, 0.15) is 89.4 Å². The third kappa shape index (κ3) is 6.62. The lowest BCUT2D eigenvalue weighted by Gasteiger charge is -2.34. The lowest BCUT2D eigenvalue weighted by molar-refractivity contribution is -0.129. The quantitative estimate of drug-likeness (QED) is 0.149. The molecule has 3 atom stereocenters. The van der Waals surface area contributed by atoms with Crippen molar-refractivity contribution < 1.29 is 36.3 Å². The Morgan fingerprint density at radius 1 is 1.09 bits per heavy atom. The maximum absolute atomic E-state index is 14.6. The van der Waals surface area contributed by atoms with Crippen LogP contribution in [0.15, 0.2) is 29.3 Å². The van der Waals surface area contributed by atoms with Crippen LogP contribution in [0, 0.1) is 28.6 Å². The molecule has 1 unspecified atom stereocenters. The lowest BCUT2D eigenvalue weighted by Crippen LogP contribution is -2.45. The predicted molar refractivity (Wildman–Crippen MR) is 159 cm³/mol. The second-order valence-electron chi connectivity index (χ2n) is 14.1. The minimum Gasteiger partial charge on any atom is -0.434 e. The Labute approximate surface area is 259 Å². The molecule has 3 fully saturated rings. The minimum atomic E-state index is -4.83. The Morgan fingerprint density at radius 3 is 2.32 bits per heavy atom. The van der Waals surface area contributed by atoms with Gasteiger partial charge in [0.15, 0.2) is 11.4 Å². The molecule has 0 radical (unpaired) electrons. The summed E-state index contributed by atoms with van der Waals surface area (Å²) in [6.07, 6.45) is 1.76. The molecule has 0 bridgehead atoms. The van der Waals surface area contributed by atoms with Crippen LogP contribution in [0.5, 0.6) is 5.75 Å². The molecule has 0 saturated heterocycles. The van der Waals surface area contributed by atoms with Crippen molar-refractivity contribution in [2.75, 3.05) is 6.54 Å². The molecule has 1 amide bonds. The number of ketones is 1. The summed E-state index contributed by atoms with van der Waals surface area (Å²) < 4.78 is 78.4. The standard InChI is InChI=1S/C33H39ClF5N2O3/c1-31(2)12-10-18(11-13-31)8-9-24-28(33(37,38)39)20(16-40-24)29(43)41(19-14-21-22(15-19)32(21,3)4)17-25(42)27-23(34)6-5-7-26(27)44-30(35)36/h5-7,16,18-19,21-22,30H,8-15,17H2,1-4H3/q+1/t19?,21-,22+. The molecular weight excluding hydrogens is 603 g/mol. The minimum absolute atomic E-state index is 0.0523. The van der Waals surface area contributed by atoms with E-state index in [2.05, 4.69) is 37.1 Å². The number of rotatable bonds is 10. The maximum atomic E-state index is 14.6. The van der Waals surface area contributed by atoms with E-state index in [1.165, 1.54) is 17.0 Å². The molecule has 5 rings (SSSR count). The van der Waals surface area contributed by atoms with Crippen molar-refractivity contribution in [2.24, 2.45) is 28.6 Å². The Bertz CT molecular complexity index is 1400. The van der Waals surface area contributed by atoms with E-state index >= 15 is 0 Å². The molecule has 0 N–H and O–H groups in total. The number of hydrogen-bond acceptors (Lipinski definition) is 3. The summed E-state index contributed by atoms with van der Waals surface area (Å²) in [4.78, 5) is 28.8. The van der Waals surface area contributed by atoms with Crippen molar-refractivity contribution in [3.63, 3.8) is 0 Å². The number of amides is 1. The zero-order chi connectivity index (χ0) is 32.2. The van der Waals surface area contributed by atoms with Gasteiger partial charge in [0.25, 0.3) is 5.91 Å². The fraction of sp³-hybridized carbons (Fsp3) is 0.636. The topological polar surface area (TPSA) is 60.7 Å². The van der Waals surface area contributed by atoms with E-state index in [9.17, 15) is 31.5 Å². The molecule has 5 nitrogen and oxygen atoms in total. The fourth-order valence-corrected chi connectivity index (χ4v) is 7.91. The predicted octanol–water partition coefficient (Wildman–Crippen LogP) is 7.84. The number of hydrogen-bond donors (Lipinski definition) is 0. The first-order valence-electron chi connectivity index (χ1n) is 15.3. The van der Waals surface area contributed by atoms with Gasteiger partial charge in [-0.2, -0.15) is 22.0 Å². The molecule has 44 heavy (non-hydrogen) atoms. The zero-order valence-corrected chi connectivity index (χ0v) is 26.2. The normalized spacial score (nSPS) is 25.7. The Morgan fingerprint density at radius 2 is 1.73 bits per heavy atom. The van der Waals surface area contributed by atoms with E-state index < -0.39 is 54.0 Å². The van der Waals surface area contributed by atoms with Gasteiger partial charge < -0.3 is 9.64 Å². The van der Waals surface area contributed by atoms with Gasteiger partial charge in [-0.25, -0.2) is 0 Å². The number of alkyl halides is 5. The zero-order valence-electron chi connectivity index (χ0n) is 25.4. The van der Waals surface area contributed by atoms with Gasteiger partial charge >= 0.3 is 24.7 Å². The Kier molecular flexibility index (Phi) is 8.84. The second-order valence-corrected chi connectivity index (χ2v) is 14.6. The number of carbonyl (C=O) groups is 2. The number of carbonyl (C=O) groups excluding carboxylic acids is 2. The van der Waals surface area contributed by atoms with Gasteiger partial charge in [-0.15, -0.1) is 0 Å². The summed E-state index contributed by atoms with van der Waals surface area (Å²) in [5.41, 5.74) is -1.86. The molecule has 240 valence electrons. The van der Waals surface area contributed by atoms with E-state index in [1.807, 2.05) is 0 Å². The van der Waals surface area contributed by atoms with Gasteiger partial charge in [0.05, 0.1) is 23.6 Å². The summed E-state index contributed by atoms with van der Waals surface area (Å²) >= 11 is 6.21. The molecule has 11 heteroatoms. The number of Topliss-reactive ketones (excluding diaryl/α,β-unsaturated/α-hetero) is 1. The van der Waals surface area contributed by atoms with Crippen LogP contribution in [0.25, 0.3) is 0 Å². The van der Waals surface area contributed by atoms with Crippen LogP contribution in [0.3, 0.4) is 0 Å². The van der Waals surface area contributed by atoms with E-state index in [0.717, 1.165) is 38.0 Å². The fourth-order valence-electron chi connectivity index (χ4n) is 7.64. The molecule has 1 aromatic rings. The molecule has 3 aliphatic carbocycles. The number of benzene rings is 1. The van der Waals surface area contributed by atoms with Gasteiger partial charge in [0.2, 0.25) is 0 Å². The number of nitrogens with zero attached hydrogens (tertiary/aromatic N) is 2. The number of halogens is 6. The highest BCUT2D eigenvalue weighted by Crippen LogP contribution is 2.67. The molecule has 4 aliphatic rings. The first-order chi connectivity index (χ1) is 20.5. The first kappa shape index (κ1) is 32.7. The average Bonchev–Trinajstić information content (AvgIpc) is 3.33. The van der Waals surface area contributed by atoms with Crippen molar-refractivity contribution in [3.05, 3.63) is 39.9 Å². The van der Waals surface area contributed by atoms with E-state index in [1.54, 1.807) is 0 Å². The number of ether oxygens (including phenoxy) is 1. The van der Waals surface area contributed by atoms with Crippen LogP contribution >= 0.6 is 11.6 Å². The van der Waals surface area contributed by atoms with Crippen LogP contribution in [0.2, 0.25) is 5.02 Å². The van der Waals surface area contributed by atoms with Crippen LogP contribution in [0.4, 0.5) is 22.0 Å². The highest BCUT2D eigenvalue weighted by molar-refractivity contribution is 6.34. The first-order valence-corrected chi connectivity index (χ1v) is 15.7. The average molecular weight is 642 g/mol. The largest absolute Gasteiger partial charge is 0.434 e. The third-order valence-corrected chi connectivity index (χ3v) is 10.8. The van der Waals surface area contributed by atoms with Crippen molar-refractivity contribution >= 4 is 35.2 Å². The molecule has 3 saturated carbocycles. The molecule has 0 spiro atoms. The highest BCUT2D eigenvalue weighted by Gasteiger charge is 2.63. The van der Waals surface area contributed by atoms with Crippen molar-refractivity contribution in [1.82, 2.24) is 9.57 Å². The molecule has 1 heterocycles. The lowest BCUT2D eigenvalue weighted by atomic mass is 9.72. The molecule has 1 aromatic carbocycles. The van der Waals surface area contributed by atoms with Gasteiger partial charge in [-0.05, 0) is 85.7 Å². The smallest absolute Gasteiger partial charge is 0.424 e. The number of allylic oxidation sites excluding steroid dienone is 1. The van der Waals surface area contributed by atoms with E-state index in [4.69, 9.17) is 11.6 Å². The summed E-state index contributed by atoms with van der Waals surface area (Å²) in [7, 11) is 0. The van der Waals surface area contributed by atoms with Crippen LogP contribution in [-0.2, 0) is 4.79 Å². The van der Waals surface area contributed by atoms with Crippen molar-refractivity contribution in [3.8, 4) is 5.75 Å². The Balaban J connectivity index is 1.41. The summed E-state index contributed by atoms with van der Waals surface area (Å²) in [5.74, 6) is -1.37. The van der Waals surface area contributed by atoms with Gasteiger partial charge in [-0.1, -0.05) is 50.0 Å². The van der Waals surface area contributed by atoms with Crippen molar-refractivity contribution in [1.29, 1.82) is 0 Å². The second kappa shape index (κ2) is 11.9. The maximum Gasteiger partial charge on any atom is 0.424 e. The van der Waals surface area contributed by atoms with E-state index in [-0.39, 0.29) is 45.4 Å². The summed E-state index contributed by atoms with van der Waals surface area (Å²) in [5, 5.41) is -0.157. The summed E-state index contributed by atoms with van der Waals surface area (Å²) in [6, 6.07) is 3.33. The Hall–Kier alpha value is -2.71. The summed E-state index contributed by atoms with van der Waals surface area (Å²) in [6.45, 7) is 4.75. The molecular formula is C33H39ClF5N2O3+. The monoisotopic (exact) mass is 641 g/mol. The number of fused-ring (bicyclic) bond motifs is 1. The van der Waals surface area contributed by atoms with Gasteiger partial charge in [-0.3, -0.25) is 9.59 Å². The van der Waals surface area contributed by atoms with Gasteiger partial charge in [0, 0.05) is 6.04 Å². The van der Waals surface area contributed by atoms with Gasteiger partial charge in [0.1, 0.15) is 11.3 Å². The van der Waals surface area contributed by atoms with Crippen LogP contribution in [-0.4, -0.2) is 53.9 Å². The van der Waals surface area contributed by atoms with Crippen molar-refractivity contribution in [2.45, 2.75) is 97.9 Å². The molecule has 0 aromatic heterocycles. The highest BCUT2D eigenvalue weighted by atomic mass is 35.5. The van der Waals surface area contributed by atoms with E-state index in [0.29, 0.717) is 25.2 Å². The molecule has 1 aliphatic heterocycles. The van der Waals surface area contributed by atoms with Crippen LogP contribution < -0.4 is 9.40 Å². The SMILES string of the molecule is CC1(C)CCC(CCC2=[N+]=CC(C(=O)N(CC(=O)c3c(Cl)cccc3OC(F)F)C3C[C@@H]4[C@H](C3)C4(C)C)=C2C(F)(F)F)CC1.